The van der Waals surface area contributed by atoms with Crippen molar-refractivity contribution in [3.05, 3.63) is 95.1 Å². The number of hydrogen-bond donors (Lipinski definition) is 1. The Morgan fingerprint density at radius 2 is 1.63 bits per heavy atom. The molecule has 0 bridgehead atoms. The van der Waals surface area contributed by atoms with E-state index < -0.39 is 17.7 Å². The summed E-state index contributed by atoms with van der Waals surface area (Å²) in [5, 5.41) is 11.4. The van der Waals surface area contributed by atoms with Crippen LogP contribution in [-0.2, 0) is 20.9 Å². The van der Waals surface area contributed by atoms with Crippen molar-refractivity contribution in [2.24, 2.45) is 0 Å². The summed E-state index contributed by atoms with van der Waals surface area (Å²) in [6.45, 7) is 5.92. The normalized spacial score (nSPS) is 16.2. The van der Waals surface area contributed by atoms with E-state index >= 15 is 0 Å². The van der Waals surface area contributed by atoms with Gasteiger partial charge in [0.15, 0.2) is 11.5 Å². The first kappa shape index (κ1) is 29.7. The first-order valence-corrected chi connectivity index (χ1v) is 13.9. The van der Waals surface area contributed by atoms with Gasteiger partial charge in [0.05, 0.1) is 24.8 Å². The summed E-state index contributed by atoms with van der Waals surface area (Å²) in [7, 11) is 1.59. The lowest BCUT2D eigenvalue weighted by Crippen LogP contribution is -2.31. The van der Waals surface area contributed by atoms with E-state index in [1.165, 1.54) is 4.90 Å². The molecule has 8 heteroatoms. The van der Waals surface area contributed by atoms with Gasteiger partial charge in [-0.25, -0.2) is 0 Å². The predicted molar refractivity (Wildman–Crippen MR) is 156 cm³/mol. The zero-order valence-electron chi connectivity index (χ0n) is 23.8. The number of Topliss-reactive ketones (excluding diaryl/α,β-unsaturated/α-hetero) is 1. The van der Waals surface area contributed by atoms with E-state index in [-0.39, 0.29) is 17.9 Å². The molecule has 3 aromatic carbocycles. The van der Waals surface area contributed by atoms with Gasteiger partial charge in [0.2, 0.25) is 0 Å². The average Bonchev–Trinajstić information content (AvgIpc) is 3.25. The number of hydrogen-bond acceptors (Lipinski definition) is 7. The van der Waals surface area contributed by atoms with Gasteiger partial charge in [-0.2, -0.15) is 0 Å². The molecule has 1 heterocycles. The summed E-state index contributed by atoms with van der Waals surface area (Å²) in [4.78, 5) is 28.1. The summed E-state index contributed by atoms with van der Waals surface area (Å²) in [5.74, 6) is 0.0372. The number of aliphatic hydroxyl groups is 1. The molecular weight excluding hydrogens is 522 g/mol. The fourth-order valence-corrected chi connectivity index (χ4v) is 4.74. The van der Waals surface area contributed by atoms with Crippen molar-refractivity contribution >= 4 is 17.4 Å². The number of carbonyl (C=O) groups excluding carboxylic acids is 2. The second kappa shape index (κ2) is 14.4. The van der Waals surface area contributed by atoms with Crippen molar-refractivity contribution in [1.82, 2.24) is 4.90 Å². The third-order valence-electron chi connectivity index (χ3n) is 6.71. The van der Waals surface area contributed by atoms with Gasteiger partial charge in [-0.3, -0.25) is 9.59 Å². The first-order valence-electron chi connectivity index (χ1n) is 13.9. The third kappa shape index (κ3) is 7.08. The highest BCUT2D eigenvalue weighted by molar-refractivity contribution is 6.46. The van der Waals surface area contributed by atoms with E-state index in [4.69, 9.17) is 18.9 Å². The smallest absolute Gasteiger partial charge is 0.295 e. The molecule has 4 rings (SSSR count). The minimum atomic E-state index is -0.815. The van der Waals surface area contributed by atoms with Crippen LogP contribution in [0.25, 0.3) is 5.76 Å². The Morgan fingerprint density at radius 3 is 2.32 bits per heavy atom. The van der Waals surface area contributed by atoms with Crippen LogP contribution in [0.3, 0.4) is 0 Å². The van der Waals surface area contributed by atoms with Crippen LogP contribution in [0.2, 0.25) is 0 Å². The fourth-order valence-electron chi connectivity index (χ4n) is 4.74. The highest BCUT2D eigenvalue weighted by atomic mass is 16.5. The van der Waals surface area contributed by atoms with Crippen LogP contribution >= 0.6 is 0 Å². The van der Waals surface area contributed by atoms with E-state index in [9.17, 15) is 14.7 Å². The summed E-state index contributed by atoms with van der Waals surface area (Å²) < 4.78 is 22.8. The van der Waals surface area contributed by atoms with Gasteiger partial charge in [-0.1, -0.05) is 43.3 Å². The standard InChI is InChI=1S/C33H37NO7/c1-4-19-40-26-15-12-24(13-16-26)31(35)29-30(34(18-9-20-38-3)33(37)32(29)36)25-14-17-27(28(21-25)39-5-2)41-22-23-10-7-6-8-11-23/h6-8,10-17,21,30,35H,4-5,9,18-20,22H2,1-3H3/b31-29+. The molecule has 1 amide bonds. The van der Waals surface area contributed by atoms with Crippen LogP contribution in [0, 0.1) is 0 Å². The Labute approximate surface area is 241 Å². The molecule has 8 nitrogen and oxygen atoms in total. The largest absolute Gasteiger partial charge is 0.507 e. The number of rotatable bonds is 14. The zero-order chi connectivity index (χ0) is 29.2. The van der Waals surface area contributed by atoms with E-state index in [1.807, 2.05) is 44.2 Å². The number of methoxy groups -OCH3 is 1. The Balaban J connectivity index is 1.73. The Bertz CT molecular complexity index is 1350. The van der Waals surface area contributed by atoms with Gasteiger partial charge in [0, 0.05) is 25.8 Å². The summed E-state index contributed by atoms with van der Waals surface area (Å²) >= 11 is 0. The highest BCUT2D eigenvalue weighted by Gasteiger charge is 2.46. The molecule has 0 aliphatic carbocycles. The molecule has 1 N–H and O–H groups in total. The molecular formula is C33H37NO7. The Hall–Kier alpha value is -4.30. The second-order valence-corrected chi connectivity index (χ2v) is 9.63. The molecule has 1 atom stereocenters. The van der Waals surface area contributed by atoms with Crippen LogP contribution in [0.15, 0.2) is 78.4 Å². The van der Waals surface area contributed by atoms with Crippen molar-refractivity contribution in [3.8, 4) is 17.2 Å². The number of carbonyl (C=O) groups is 2. The molecule has 41 heavy (non-hydrogen) atoms. The van der Waals surface area contributed by atoms with Crippen LogP contribution in [0.1, 0.15) is 49.4 Å². The van der Waals surface area contributed by atoms with Gasteiger partial charge in [0.25, 0.3) is 11.7 Å². The van der Waals surface area contributed by atoms with Crippen molar-refractivity contribution in [3.63, 3.8) is 0 Å². The fraction of sp³-hybridized carbons (Fsp3) is 0.333. The van der Waals surface area contributed by atoms with E-state index in [2.05, 4.69) is 0 Å². The molecule has 0 saturated carbocycles. The van der Waals surface area contributed by atoms with Crippen LogP contribution in [0.5, 0.6) is 17.2 Å². The van der Waals surface area contributed by atoms with Crippen molar-refractivity contribution in [2.45, 2.75) is 39.3 Å². The minimum absolute atomic E-state index is 0.0232. The zero-order valence-corrected chi connectivity index (χ0v) is 23.8. The third-order valence-corrected chi connectivity index (χ3v) is 6.71. The number of aliphatic hydroxyl groups excluding tert-OH is 1. The maximum absolute atomic E-state index is 13.4. The molecule has 1 unspecified atom stereocenters. The van der Waals surface area contributed by atoms with Gasteiger partial charge < -0.3 is 29.0 Å². The number of ketones is 1. The monoisotopic (exact) mass is 559 g/mol. The van der Waals surface area contributed by atoms with Crippen molar-refractivity contribution < 1.29 is 33.6 Å². The number of ether oxygens (including phenoxy) is 4. The molecule has 1 fully saturated rings. The maximum atomic E-state index is 13.4. The van der Waals surface area contributed by atoms with Gasteiger partial charge in [-0.05, 0) is 67.3 Å². The molecule has 3 aromatic rings. The lowest BCUT2D eigenvalue weighted by molar-refractivity contribution is -0.140. The molecule has 1 aliphatic heterocycles. The van der Waals surface area contributed by atoms with Crippen LogP contribution in [0.4, 0.5) is 0 Å². The number of likely N-dealkylation sites (tertiary alicyclic amines) is 1. The summed E-state index contributed by atoms with van der Waals surface area (Å²) in [5.41, 5.74) is 2.08. The summed E-state index contributed by atoms with van der Waals surface area (Å²) in [6, 6.07) is 21.2. The molecule has 216 valence electrons. The first-order chi connectivity index (χ1) is 20.0. The average molecular weight is 560 g/mol. The Kier molecular flexibility index (Phi) is 10.4. The second-order valence-electron chi connectivity index (χ2n) is 9.63. The maximum Gasteiger partial charge on any atom is 0.295 e. The molecule has 0 spiro atoms. The number of benzene rings is 3. The van der Waals surface area contributed by atoms with E-state index in [1.54, 1.807) is 49.6 Å². The lowest BCUT2D eigenvalue weighted by atomic mass is 9.95. The van der Waals surface area contributed by atoms with Gasteiger partial charge in [0.1, 0.15) is 18.1 Å². The SMILES string of the molecule is CCCOc1ccc(/C(O)=C2\C(=O)C(=O)N(CCCOC)C2c2ccc(OCc3ccccc3)c(OCC)c2)cc1. The Morgan fingerprint density at radius 1 is 0.878 bits per heavy atom. The highest BCUT2D eigenvalue weighted by Crippen LogP contribution is 2.42. The molecule has 0 aromatic heterocycles. The molecule has 1 saturated heterocycles. The topological polar surface area (TPSA) is 94.5 Å². The van der Waals surface area contributed by atoms with Crippen LogP contribution < -0.4 is 14.2 Å². The summed E-state index contributed by atoms with van der Waals surface area (Å²) in [6.07, 6.45) is 1.40. The van der Waals surface area contributed by atoms with Crippen molar-refractivity contribution in [1.29, 1.82) is 0 Å². The minimum Gasteiger partial charge on any atom is -0.507 e. The van der Waals surface area contributed by atoms with Gasteiger partial charge >= 0.3 is 0 Å². The predicted octanol–water partition coefficient (Wildman–Crippen LogP) is 5.91. The number of amides is 1. The van der Waals surface area contributed by atoms with Crippen LogP contribution in [-0.4, -0.2) is 55.2 Å². The van der Waals surface area contributed by atoms with Crippen molar-refractivity contribution in [2.75, 3.05) is 33.5 Å². The molecule has 1 aliphatic rings. The van der Waals surface area contributed by atoms with E-state index in [0.29, 0.717) is 61.2 Å². The number of nitrogens with zero attached hydrogens (tertiary/aromatic N) is 1. The lowest BCUT2D eigenvalue weighted by Gasteiger charge is -2.26. The van der Waals surface area contributed by atoms with Gasteiger partial charge in [-0.15, -0.1) is 0 Å². The van der Waals surface area contributed by atoms with E-state index in [0.717, 1.165) is 12.0 Å². The molecule has 0 radical (unpaired) electrons. The quantitative estimate of drug-likeness (QED) is 0.114.